The average Bonchev–Trinajstić information content (AvgIpc) is 3.26. The molecule has 2 aliphatic heterocycles. The number of ketones is 1. The molecule has 2 aliphatic rings. The number of hydrogen-bond acceptors (Lipinski definition) is 7. The second kappa shape index (κ2) is 12.0. The molecule has 0 aliphatic carbocycles. The SMILES string of the molecule is CCOc1cc2c(cc1C(=O)NC)C(=NBr)N(CC(=O)c1cc(N3CCOCC3)c(OC)c(C(C)(C)C)c1)C2. The van der Waals surface area contributed by atoms with Gasteiger partial charge in [-0.3, -0.25) is 9.59 Å². The van der Waals surface area contributed by atoms with Crippen molar-refractivity contribution in [1.29, 1.82) is 0 Å². The maximum Gasteiger partial charge on any atom is 0.254 e. The predicted octanol–water partition coefficient (Wildman–Crippen LogP) is 4.34. The van der Waals surface area contributed by atoms with Gasteiger partial charge in [0.2, 0.25) is 0 Å². The van der Waals surface area contributed by atoms with E-state index in [0.29, 0.717) is 49.1 Å². The van der Waals surface area contributed by atoms with Crippen LogP contribution in [0.3, 0.4) is 0 Å². The highest BCUT2D eigenvalue weighted by molar-refractivity contribution is 9.08. The molecule has 10 heteroatoms. The minimum Gasteiger partial charge on any atom is -0.494 e. The van der Waals surface area contributed by atoms with Gasteiger partial charge in [-0.1, -0.05) is 20.8 Å². The summed E-state index contributed by atoms with van der Waals surface area (Å²) in [7, 11) is 3.27. The van der Waals surface area contributed by atoms with Crippen molar-refractivity contribution in [2.45, 2.75) is 39.7 Å². The second-order valence-electron chi connectivity index (χ2n) is 10.6. The van der Waals surface area contributed by atoms with Crippen molar-refractivity contribution < 1.29 is 23.8 Å². The molecule has 2 aromatic rings. The molecule has 4 rings (SSSR count). The van der Waals surface area contributed by atoms with Crippen LogP contribution in [0.4, 0.5) is 5.69 Å². The minimum atomic E-state index is -0.242. The first-order valence-corrected chi connectivity index (χ1v) is 13.9. The first kappa shape index (κ1) is 28.9. The summed E-state index contributed by atoms with van der Waals surface area (Å²) < 4.78 is 21.5. The van der Waals surface area contributed by atoms with Gasteiger partial charge in [-0.2, -0.15) is 4.02 Å². The second-order valence-corrected chi connectivity index (χ2v) is 11.0. The number of anilines is 1. The summed E-state index contributed by atoms with van der Waals surface area (Å²) in [6, 6.07) is 7.54. The summed E-state index contributed by atoms with van der Waals surface area (Å²) in [5.74, 6) is 1.63. The van der Waals surface area contributed by atoms with Crippen LogP contribution in [0, 0.1) is 0 Å². The number of carbonyl (C=O) groups excluding carboxylic acids is 2. The highest BCUT2D eigenvalue weighted by Gasteiger charge is 2.32. The third kappa shape index (κ3) is 5.91. The Bertz CT molecular complexity index is 1280. The Balaban J connectivity index is 1.69. The van der Waals surface area contributed by atoms with E-state index in [-0.39, 0.29) is 23.7 Å². The van der Waals surface area contributed by atoms with E-state index in [0.717, 1.165) is 41.2 Å². The number of fused-ring (bicyclic) bond motifs is 1. The molecule has 1 saturated heterocycles. The third-order valence-corrected chi connectivity index (χ3v) is 7.38. The molecule has 39 heavy (non-hydrogen) atoms. The summed E-state index contributed by atoms with van der Waals surface area (Å²) in [4.78, 5) is 30.5. The van der Waals surface area contributed by atoms with Gasteiger partial charge in [0, 0.05) is 43.4 Å². The van der Waals surface area contributed by atoms with Crippen LogP contribution in [-0.2, 0) is 16.7 Å². The predicted molar refractivity (Wildman–Crippen MR) is 156 cm³/mol. The molecule has 0 bridgehead atoms. The molecule has 1 N–H and O–H groups in total. The number of carbonyl (C=O) groups is 2. The van der Waals surface area contributed by atoms with Crippen LogP contribution >= 0.6 is 16.1 Å². The first-order valence-electron chi connectivity index (χ1n) is 13.2. The fourth-order valence-electron chi connectivity index (χ4n) is 5.08. The number of morpholine rings is 1. The Labute approximate surface area is 238 Å². The van der Waals surface area contributed by atoms with Crippen molar-refractivity contribution in [1.82, 2.24) is 10.2 Å². The normalized spacial score (nSPS) is 16.3. The Kier molecular flexibility index (Phi) is 8.86. The molecule has 1 amide bonds. The number of Topliss-reactive ketones (excluding diaryl/α,β-unsaturated/α-hetero) is 1. The third-order valence-electron chi connectivity index (χ3n) is 7.05. The number of ether oxygens (including phenoxy) is 3. The largest absolute Gasteiger partial charge is 0.494 e. The molecule has 2 aromatic carbocycles. The quantitative estimate of drug-likeness (QED) is 0.450. The molecule has 1 fully saturated rings. The molecule has 210 valence electrons. The van der Waals surface area contributed by atoms with Gasteiger partial charge in [0.05, 0.1) is 60.9 Å². The summed E-state index contributed by atoms with van der Waals surface area (Å²) >= 11 is 3.25. The number of methoxy groups -OCH3 is 1. The number of nitrogens with one attached hydrogen (secondary N) is 1. The van der Waals surface area contributed by atoms with Gasteiger partial charge in [-0.15, -0.1) is 0 Å². The zero-order valence-electron chi connectivity index (χ0n) is 23.5. The van der Waals surface area contributed by atoms with Gasteiger partial charge in [0.1, 0.15) is 17.3 Å². The Morgan fingerprint density at radius 3 is 2.46 bits per heavy atom. The van der Waals surface area contributed by atoms with E-state index in [1.807, 2.05) is 30.0 Å². The average molecular weight is 602 g/mol. The highest BCUT2D eigenvalue weighted by Crippen LogP contribution is 2.41. The molecular weight excluding hydrogens is 564 g/mol. The molecule has 0 saturated carbocycles. The standard InChI is InChI=1S/C29H37BrN4O5/c1-7-39-25-14-19-16-34(27(32-30)20(19)15-21(25)28(36)31-5)17-24(35)18-12-22(29(2,3)4)26(37-6)23(13-18)33-8-10-38-11-9-33/h12-15H,7-11,16-17H2,1-6H3,(H,31,36). The van der Waals surface area contributed by atoms with Crippen LogP contribution in [-0.4, -0.2) is 76.0 Å². The molecule has 0 atom stereocenters. The summed E-state index contributed by atoms with van der Waals surface area (Å²) in [6.07, 6.45) is 0. The van der Waals surface area contributed by atoms with Crippen LogP contribution in [0.25, 0.3) is 0 Å². The monoisotopic (exact) mass is 600 g/mol. The zero-order chi connectivity index (χ0) is 28.3. The molecular formula is C29H37BrN4O5. The van der Waals surface area contributed by atoms with E-state index in [9.17, 15) is 9.59 Å². The van der Waals surface area contributed by atoms with E-state index < -0.39 is 0 Å². The van der Waals surface area contributed by atoms with Crippen LogP contribution in [0.2, 0.25) is 0 Å². The summed E-state index contributed by atoms with van der Waals surface area (Å²) in [5, 5.41) is 2.67. The number of hydrogen-bond donors (Lipinski definition) is 1. The molecule has 0 unspecified atom stereocenters. The van der Waals surface area contributed by atoms with E-state index in [1.54, 1.807) is 20.2 Å². The van der Waals surface area contributed by atoms with E-state index in [2.05, 4.69) is 51.2 Å². The van der Waals surface area contributed by atoms with Gasteiger partial charge in [-0.05, 0) is 42.2 Å². The number of halogens is 1. The molecule has 0 aromatic heterocycles. The summed E-state index contributed by atoms with van der Waals surface area (Å²) in [5.41, 5.74) is 4.44. The number of benzene rings is 2. The maximum absolute atomic E-state index is 13.8. The lowest BCUT2D eigenvalue weighted by Gasteiger charge is -2.33. The van der Waals surface area contributed by atoms with Crippen molar-refractivity contribution in [2.24, 2.45) is 4.02 Å². The fourth-order valence-corrected chi connectivity index (χ4v) is 5.49. The van der Waals surface area contributed by atoms with Gasteiger partial charge < -0.3 is 29.3 Å². The smallest absolute Gasteiger partial charge is 0.254 e. The van der Waals surface area contributed by atoms with Crippen LogP contribution < -0.4 is 19.7 Å². The minimum absolute atomic E-state index is 0.0318. The molecule has 0 spiro atoms. The number of amides is 1. The summed E-state index contributed by atoms with van der Waals surface area (Å²) in [6.45, 7) is 12.0. The maximum atomic E-state index is 13.8. The van der Waals surface area contributed by atoms with E-state index in [1.165, 1.54) is 0 Å². The Morgan fingerprint density at radius 2 is 1.87 bits per heavy atom. The Morgan fingerprint density at radius 1 is 1.15 bits per heavy atom. The van der Waals surface area contributed by atoms with Gasteiger partial charge in [0.25, 0.3) is 5.91 Å². The van der Waals surface area contributed by atoms with Gasteiger partial charge >= 0.3 is 0 Å². The van der Waals surface area contributed by atoms with Crippen LogP contribution in [0.1, 0.15) is 65.1 Å². The van der Waals surface area contributed by atoms with Crippen molar-refractivity contribution in [3.05, 3.63) is 52.1 Å². The van der Waals surface area contributed by atoms with Gasteiger partial charge in [0.15, 0.2) is 5.78 Å². The van der Waals surface area contributed by atoms with Crippen molar-refractivity contribution >= 4 is 39.4 Å². The van der Waals surface area contributed by atoms with E-state index >= 15 is 0 Å². The zero-order valence-corrected chi connectivity index (χ0v) is 25.1. The Hall–Kier alpha value is -3.11. The van der Waals surface area contributed by atoms with Crippen molar-refractivity contribution in [2.75, 3.05) is 58.5 Å². The van der Waals surface area contributed by atoms with Crippen LogP contribution in [0.5, 0.6) is 11.5 Å². The lowest BCUT2D eigenvalue weighted by molar-refractivity contribution is 0.0953. The fraction of sp³-hybridized carbons (Fsp3) is 0.483. The van der Waals surface area contributed by atoms with Gasteiger partial charge in [-0.25, -0.2) is 0 Å². The van der Waals surface area contributed by atoms with Crippen molar-refractivity contribution in [3.63, 3.8) is 0 Å². The number of amidine groups is 1. The lowest BCUT2D eigenvalue weighted by Crippen LogP contribution is -2.37. The molecule has 9 nitrogen and oxygen atoms in total. The van der Waals surface area contributed by atoms with Crippen molar-refractivity contribution in [3.8, 4) is 11.5 Å². The topological polar surface area (TPSA) is 92.7 Å². The number of nitrogens with zero attached hydrogens (tertiary/aromatic N) is 3. The highest BCUT2D eigenvalue weighted by atomic mass is 79.9. The lowest BCUT2D eigenvalue weighted by atomic mass is 9.84. The number of rotatable bonds is 8. The first-order chi connectivity index (χ1) is 18.6. The molecule has 2 heterocycles. The molecule has 0 radical (unpaired) electrons. The van der Waals surface area contributed by atoms with Crippen LogP contribution in [0.15, 0.2) is 28.3 Å². The van der Waals surface area contributed by atoms with E-state index in [4.69, 9.17) is 14.2 Å².